The van der Waals surface area contributed by atoms with Crippen molar-refractivity contribution in [1.82, 2.24) is 15.5 Å². The SMILES string of the molecule is CCNC(=NCCc1ccc(S(C)(=O)=O)cc1)NC1CCN(CC2CCCC2)C1.I. The van der Waals surface area contributed by atoms with Crippen LogP contribution in [-0.2, 0) is 16.3 Å². The fourth-order valence-corrected chi connectivity index (χ4v) is 5.02. The van der Waals surface area contributed by atoms with Crippen LogP contribution in [0.15, 0.2) is 34.2 Å². The molecule has 1 aliphatic heterocycles. The minimum absolute atomic E-state index is 0. The average Bonchev–Trinajstić information content (AvgIpc) is 3.34. The second-order valence-electron chi connectivity index (χ2n) is 8.47. The molecule has 3 rings (SSSR count). The normalized spacial score (nSPS) is 20.9. The maximum absolute atomic E-state index is 11.6. The second-order valence-corrected chi connectivity index (χ2v) is 10.5. The van der Waals surface area contributed by atoms with Crippen LogP contribution < -0.4 is 10.6 Å². The molecule has 6 nitrogen and oxygen atoms in total. The van der Waals surface area contributed by atoms with Gasteiger partial charge in [-0.2, -0.15) is 0 Å². The number of benzene rings is 1. The first-order chi connectivity index (χ1) is 13.9. The van der Waals surface area contributed by atoms with E-state index in [9.17, 15) is 8.42 Å². The van der Waals surface area contributed by atoms with E-state index < -0.39 is 9.84 Å². The maximum Gasteiger partial charge on any atom is 0.191 e. The van der Waals surface area contributed by atoms with E-state index in [1.54, 1.807) is 12.1 Å². The number of hydrogen-bond donors (Lipinski definition) is 2. The molecule has 30 heavy (non-hydrogen) atoms. The van der Waals surface area contributed by atoms with Crippen LogP contribution in [0.3, 0.4) is 0 Å². The number of hydrogen-bond acceptors (Lipinski definition) is 4. The zero-order chi connectivity index (χ0) is 20.7. The molecule has 2 aliphatic rings. The number of nitrogens with zero attached hydrogens (tertiary/aromatic N) is 2. The van der Waals surface area contributed by atoms with E-state index in [2.05, 4.69) is 22.5 Å². The van der Waals surface area contributed by atoms with E-state index >= 15 is 0 Å². The molecule has 1 saturated carbocycles. The number of rotatable bonds is 8. The maximum atomic E-state index is 11.6. The fourth-order valence-electron chi connectivity index (χ4n) is 4.39. The Kier molecular flexibility index (Phi) is 10.4. The highest BCUT2D eigenvalue weighted by Gasteiger charge is 2.26. The van der Waals surface area contributed by atoms with Gasteiger partial charge in [0.15, 0.2) is 15.8 Å². The van der Waals surface area contributed by atoms with Crippen LogP contribution >= 0.6 is 24.0 Å². The van der Waals surface area contributed by atoms with Gasteiger partial charge in [-0.05, 0) is 56.2 Å². The zero-order valence-electron chi connectivity index (χ0n) is 18.3. The molecular weight excluding hydrogens is 511 g/mol. The van der Waals surface area contributed by atoms with E-state index in [0.29, 0.717) is 17.5 Å². The predicted octanol–water partition coefficient (Wildman–Crippen LogP) is 3.07. The Labute approximate surface area is 199 Å². The molecule has 1 aromatic carbocycles. The number of guanidine groups is 1. The number of halogens is 1. The molecule has 1 aromatic rings. The highest BCUT2D eigenvalue weighted by Crippen LogP contribution is 2.26. The summed E-state index contributed by atoms with van der Waals surface area (Å²) in [5.74, 6) is 1.79. The van der Waals surface area contributed by atoms with Crippen molar-refractivity contribution in [2.75, 3.05) is 39.0 Å². The summed E-state index contributed by atoms with van der Waals surface area (Å²) in [6.45, 7) is 7.14. The molecule has 2 fully saturated rings. The van der Waals surface area contributed by atoms with Gasteiger partial charge in [-0.25, -0.2) is 8.42 Å². The molecule has 1 unspecified atom stereocenters. The monoisotopic (exact) mass is 548 g/mol. The Morgan fingerprint density at radius 1 is 1.17 bits per heavy atom. The Morgan fingerprint density at radius 3 is 2.50 bits per heavy atom. The molecule has 0 amide bonds. The summed E-state index contributed by atoms with van der Waals surface area (Å²) >= 11 is 0. The van der Waals surface area contributed by atoms with Crippen molar-refractivity contribution in [3.05, 3.63) is 29.8 Å². The van der Waals surface area contributed by atoms with Crippen molar-refractivity contribution in [1.29, 1.82) is 0 Å². The minimum atomic E-state index is -3.14. The van der Waals surface area contributed by atoms with Gasteiger partial charge >= 0.3 is 0 Å². The first-order valence-corrected chi connectivity index (χ1v) is 12.9. The van der Waals surface area contributed by atoms with Crippen LogP contribution in [0.1, 0.15) is 44.6 Å². The Balaban J connectivity index is 0.00000320. The lowest BCUT2D eigenvalue weighted by atomic mass is 10.1. The summed E-state index contributed by atoms with van der Waals surface area (Å²) in [7, 11) is -3.14. The van der Waals surface area contributed by atoms with Crippen molar-refractivity contribution >= 4 is 39.8 Å². The van der Waals surface area contributed by atoms with Gasteiger partial charge in [0.05, 0.1) is 4.90 Å². The third-order valence-electron chi connectivity index (χ3n) is 5.97. The van der Waals surface area contributed by atoms with Crippen molar-refractivity contribution in [2.45, 2.75) is 56.4 Å². The highest BCUT2D eigenvalue weighted by molar-refractivity contribution is 14.0. The number of sulfone groups is 1. The standard InChI is InChI=1S/C22H36N4O2S.HI/c1-3-23-22(24-14-12-18-8-10-21(11-9-18)29(2,27)28)25-20-13-15-26(17-20)16-19-6-4-5-7-19;/h8-11,19-20H,3-7,12-17H2,1-2H3,(H2,23,24,25);1H. The smallest absolute Gasteiger partial charge is 0.191 e. The molecule has 0 radical (unpaired) electrons. The highest BCUT2D eigenvalue weighted by atomic mass is 127. The Bertz CT molecular complexity index is 777. The van der Waals surface area contributed by atoms with Crippen LogP contribution in [-0.4, -0.2) is 64.3 Å². The second kappa shape index (κ2) is 12.2. The Morgan fingerprint density at radius 2 is 1.87 bits per heavy atom. The van der Waals surface area contributed by atoms with Crippen molar-refractivity contribution in [3.63, 3.8) is 0 Å². The van der Waals surface area contributed by atoms with E-state index in [0.717, 1.165) is 37.0 Å². The number of nitrogens with one attached hydrogen (secondary N) is 2. The van der Waals surface area contributed by atoms with Crippen LogP contribution in [0.2, 0.25) is 0 Å². The summed E-state index contributed by atoms with van der Waals surface area (Å²) < 4.78 is 23.1. The molecule has 8 heteroatoms. The third-order valence-corrected chi connectivity index (χ3v) is 7.10. The van der Waals surface area contributed by atoms with E-state index in [1.807, 2.05) is 12.1 Å². The Hall–Kier alpha value is -0.870. The lowest BCUT2D eigenvalue weighted by molar-refractivity contribution is 0.275. The quantitative estimate of drug-likeness (QED) is 0.297. The van der Waals surface area contributed by atoms with Gasteiger partial charge in [0.25, 0.3) is 0 Å². The van der Waals surface area contributed by atoms with Gasteiger partial charge in [-0.15, -0.1) is 24.0 Å². The fraction of sp³-hybridized carbons (Fsp3) is 0.682. The third kappa shape index (κ3) is 8.00. The number of aliphatic imine (C=N–C) groups is 1. The lowest BCUT2D eigenvalue weighted by Gasteiger charge is -2.21. The molecule has 0 spiro atoms. The molecule has 1 saturated heterocycles. The van der Waals surface area contributed by atoms with Gasteiger partial charge in [-0.3, -0.25) is 4.99 Å². The topological polar surface area (TPSA) is 73.8 Å². The van der Waals surface area contributed by atoms with E-state index in [4.69, 9.17) is 4.99 Å². The van der Waals surface area contributed by atoms with E-state index in [-0.39, 0.29) is 24.0 Å². The molecule has 0 bridgehead atoms. The molecule has 0 aromatic heterocycles. The van der Waals surface area contributed by atoms with E-state index in [1.165, 1.54) is 51.4 Å². The molecule has 2 N–H and O–H groups in total. The van der Waals surface area contributed by atoms with Crippen LogP contribution in [0.25, 0.3) is 0 Å². The number of likely N-dealkylation sites (tertiary alicyclic amines) is 1. The lowest BCUT2D eigenvalue weighted by Crippen LogP contribution is -2.45. The summed E-state index contributed by atoms with van der Waals surface area (Å²) in [6.07, 6.45) is 8.83. The molecule has 1 aliphatic carbocycles. The van der Waals surface area contributed by atoms with Crippen LogP contribution in [0, 0.1) is 5.92 Å². The van der Waals surface area contributed by atoms with Gasteiger partial charge in [0.2, 0.25) is 0 Å². The van der Waals surface area contributed by atoms with Crippen molar-refractivity contribution in [2.24, 2.45) is 10.9 Å². The molecular formula is C22H37IN4O2S. The molecule has 1 atom stereocenters. The minimum Gasteiger partial charge on any atom is -0.357 e. The van der Waals surface area contributed by atoms with Gasteiger partial charge in [0.1, 0.15) is 0 Å². The van der Waals surface area contributed by atoms with Crippen molar-refractivity contribution in [3.8, 4) is 0 Å². The molecule has 1 heterocycles. The van der Waals surface area contributed by atoms with Gasteiger partial charge in [-0.1, -0.05) is 25.0 Å². The van der Waals surface area contributed by atoms with Gasteiger partial charge in [0, 0.05) is 45.0 Å². The average molecular weight is 549 g/mol. The zero-order valence-corrected chi connectivity index (χ0v) is 21.4. The summed E-state index contributed by atoms with van der Waals surface area (Å²) in [5, 5.41) is 6.96. The summed E-state index contributed by atoms with van der Waals surface area (Å²) in [5.41, 5.74) is 1.10. The summed E-state index contributed by atoms with van der Waals surface area (Å²) in [4.78, 5) is 7.71. The summed E-state index contributed by atoms with van der Waals surface area (Å²) in [6, 6.07) is 7.57. The van der Waals surface area contributed by atoms with Crippen molar-refractivity contribution < 1.29 is 8.42 Å². The predicted molar refractivity (Wildman–Crippen MR) is 135 cm³/mol. The van der Waals surface area contributed by atoms with Crippen LogP contribution in [0.4, 0.5) is 0 Å². The first-order valence-electron chi connectivity index (χ1n) is 11.0. The van der Waals surface area contributed by atoms with Gasteiger partial charge < -0.3 is 15.5 Å². The largest absolute Gasteiger partial charge is 0.357 e. The molecule has 170 valence electrons. The van der Waals surface area contributed by atoms with Crippen LogP contribution in [0.5, 0.6) is 0 Å². The first kappa shape index (κ1) is 25.4.